The summed E-state index contributed by atoms with van der Waals surface area (Å²) in [5.41, 5.74) is -0.265. The summed E-state index contributed by atoms with van der Waals surface area (Å²) in [6.07, 6.45) is 0. The van der Waals surface area contributed by atoms with Crippen molar-refractivity contribution in [3.8, 4) is 0 Å². The molecule has 0 aliphatic carbocycles. The van der Waals surface area contributed by atoms with E-state index in [1.165, 1.54) is 16.2 Å². The third-order valence-corrected chi connectivity index (χ3v) is 6.37. The van der Waals surface area contributed by atoms with Crippen molar-refractivity contribution >= 4 is 45.6 Å². The van der Waals surface area contributed by atoms with E-state index < -0.39 is 5.54 Å². The second-order valence-corrected chi connectivity index (χ2v) is 9.11. The van der Waals surface area contributed by atoms with Crippen LogP contribution >= 0.6 is 22.9 Å². The number of rotatable bonds is 5. The molecule has 28 heavy (non-hydrogen) atoms. The summed E-state index contributed by atoms with van der Waals surface area (Å²) >= 11 is 7.51. The Labute approximate surface area is 172 Å². The van der Waals surface area contributed by atoms with Gasteiger partial charge in [-0.15, -0.1) is 11.3 Å². The topological polar surface area (TPSA) is 53.9 Å². The van der Waals surface area contributed by atoms with Crippen molar-refractivity contribution < 1.29 is 14.5 Å². The largest absolute Gasteiger partial charge is 0.329 e. The first-order chi connectivity index (χ1) is 13.4. The summed E-state index contributed by atoms with van der Waals surface area (Å²) < 4.78 is 0.737. The number of imide groups is 1. The van der Waals surface area contributed by atoms with Gasteiger partial charge < -0.3 is 10.2 Å². The standard InChI is InChI=1S/C21H20ClN3O2S/c1-21(17-9-5-7-14-6-3-4-8-16(14)17)19(26)25(20(27)23-21)13-24(2)12-15-10-11-18(22)28-15/h3-11H,12-13H2,1-2H3,(H,23,27)/p+1/t21-/m0/s1. The van der Waals surface area contributed by atoms with Crippen molar-refractivity contribution in [2.75, 3.05) is 13.7 Å². The first-order valence-corrected chi connectivity index (χ1v) is 10.3. The van der Waals surface area contributed by atoms with Gasteiger partial charge in [0.2, 0.25) is 0 Å². The maximum Gasteiger partial charge on any atom is 0.329 e. The van der Waals surface area contributed by atoms with E-state index in [-0.39, 0.29) is 11.9 Å². The van der Waals surface area contributed by atoms with Crippen LogP contribution in [0.2, 0.25) is 4.34 Å². The number of urea groups is 1. The number of hydrogen-bond acceptors (Lipinski definition) is 3. The number of nitrogens with one attached hydrogen (secondary N) is 2. The van der Waals surface area contributed by atoms with Crippen LogP contribution in [0.1, 0.15) is 17.4 Å². The van der Waals surface area contributed by atoms with Gasteiger partial charge in [0.1, 0.15) is 12.1 Å². The molecule has 1 unspecified atom stereocenters. The fourth-order valence-electron chi connectivity index (χ4n) is 3.75. The fourth-order valence-corrected chi connectivity index (χ4v) is 4.96. The number of amides is 3. The van der Waals surface area contributed by atoms with Crippen molar-refractivity contribution in [1.82, 2.24) is 10.2 Å². The van der Waals surface area contributed by atoms with E-state index in [2.05, 4.69) is 5.32 Å². The van der Waals surface area contributed by atoms with Gasteiger partial charge in [-0.25, -0.2) is 9.69 Å². The van der Waals surface area contributed by atoms with Crippen LogP contribution in [0.3, 0.4) is 0 Å². The lowest BCUT2D eigenvalue weighted by molar-refractivity contribution is -0.900. The quantitative estimate of drug-likeness (QED) is 0.630. The molecule has 3 aromatic rings. The Hall–Kier alpha value is -2.41. The predicted octanol–water partition coefficient (Wildman–Crippen LogP) is 2.99. The Balaban J connectivity index is 1.59. The van der Waals surface area contributed by atoms with E-state index in [0.717, 1.165) is 30.4 Å². The molecular formula is C21H21ClN3O2S+. The first kappa shape index (κ1) is 18.9. The Kier molecular flexibility index (Phi) is 4.87. The molecule has 0 bridgehead atoms. The molecule has 2 heterocycles. The van der Waals surface area contributed by atoms with Crippen LogP contribution in [0, 0.1) is 0 Å². The van der Waals surface area contributed by atoms with Crippen molar-refractivity contribution in [1.29, 1.82) is 0 Å². The summed E-state index contributed by atoms with van der Waals surface area (Å²) in [4.78, 5) is 29.4. The minimum atomic E-state index is -1.08. The predicted molar refractivity (Wildman–Crippen MR) is 111 cm³/mol. The average Bonchev–Trinajstić information content (AvgIpc) is 3.17. The molecule has 0 saturated carbocycles. The van der Waals surface area contributed by atoms with E-state index in [1.54, 1.807) is 6.92 Å². The smallest absolute Gasteiger partial charge is 0.319 e. The van der Waals surface area contributed by atoms with Crippen LogP contribution in [0.25, 0.3) is 10.8 Å². The third-order valence-electron chi connectivity index (χ3n) is 5.14. The molecular weight excluding hydrogens is 394 g/mol. The summed E-state index contributed by atoms with van der Waals surface area (Å²) in [5, 5.41) is 4.93. The van der Waals surface area contributed by atoms with Crippen LogP contribution < -0.4 is 10.2 Å². The number of thiophene rings is 1. The first-order valence-electron chi connectivity index (χ1n) is 9.06. The van der Waals surface area contributed by atoms with Gasteiger partial charge >= 0.3 is 6.03 Å². The maximum absolute atomic E-state index is 13.3. The molecule has 1 aliphatic rings. The van der Waals surface area contributed by atoms with Crippen LogP contribution in [-0.4, -0.2) is 30.6 Å². The number of hydrogen-bond donors (Lipinski definition) is 2. The maximum atomic E-state index is 13.3. The monoisotopic (exact) mass is 414 g/mol. The summed E-state index contributed by atoms with van der Waals surface area (Å²) in [6.45, 7) is 2.77. The highest BCUT2D eigenvalue weighted by Gasteiger charge is 2.50. The number of carbonyl (C=O) groups excluding carboxylic acids is 2. The highest BCUT2D eigenvalue weighted by molar-refractivity contribution is 7.16. The van der Waals surface area contributed by atoms with E-state index >= 15 is 0 Å². The average molecular weight is 415 g/mol. The van der Waals surface area contributed by atoms with Gasteiger partial charge in [-0.1, -0.05) is 54.1 Å². The summed E-state index contributed by atoms with van der Waals surface area (Å²) in [6, 6.07) is 17.2. The van der Waals surface area contributed by atoms with Gasteiger partial charge in [0, 0.05) is 0 Å². The van der Waals surface area contributed by atoms with Gasteiger partial charge in [0.15, 0.2) is 6.67 Å². The van der Waals surface area contributed by atoms with E-state index in [4.69, 9.17) is 11.6 Å². The van der Waals surface area contributed by atoms with Crippen LogP contribution in [0.4, 0.5) is 4.79 Å². The van der Waals surface area contributed by atoms with Gasteiger partial charge in [0.25, 0.3) is 5.91 Å². The minimum absolute atomic E-state index is 0.225. The second kappa shape index (κ2) is 7.20. The van der Waals surface area contributed by atoms with Gasteiger partial charge in [0.05, 0.1) is 16.3 Å². The zero-order valence-electron chi connectivity index (χ0n) is 15.7. The van der Waals surface area contributed by atoms with E-state index in [0.29, 0.717) is 13.2 Å². The molecule has 1 aliphatic heterocycles. The molecule has 1 fully saturated rings. The molecule has 144 valence electrons. The van der Waals surface area contributed by atoms with Crippen molar-refractivity contribution in [2.24, 2.45) is 0 Å². The third kappa shape index (κ3) is 3.28. The molecule has 2 N–H and O–H groups in total. The van der Waals surface area contributed by atoms with Crippen LogP contribution in [0.15, 0.2) is 54.6 Å². The van der Waals surface area contributed by atoms with Crippen molar-refractivity contribution in [3.63, 3.8) is 0 Å². The van der Waals surface area contributed by atoms with Crippen molar-refractivity contribution in [3.05, 3.63) is 69.4 Å². The number of benzene rings is 2. The lowest BCUT2D eigenvalue weighted by Gasteiger charge is -2.24. The molecule has 0 spiro atoms. The lowest BCUT2D eigenvalue weighted by Crippen LogP contribution is -3.09. The summed E-state index contributed by atoms with van der Waals surface area (Å²) in [5.74, 6) is -0.225. The molecule has 3 amide bonds. The Morgan fingerprint density at radius 3 is 2.61 bits per heavy atom. The van der Waals surface area contributed by atoms with Crippen LogP contribution in [0.5, 0.6) is 0 Å². The number of fused-ring (bicyclic) bond motifs is 1. The second-order valence-electron chi connectivity index (χ2n) is 7.31. The molecule has 7 heteroatoms. The number of halogens is 1. The van der Waals surface area contributed by atoms with E-state index in [9.17, 15) is 9.59 Å². The lowest BCUT2D eigenvalue weighted by atomic mass is 9.88. The van der Waals surface area contributed by atoms with Gasteiger partial charge in [-0.05, 0) is 35.4 Å². The highest BCUT2D eigenvalue weighted by atomic mass is 35.5. The van der Waals surface area contributed by atoms with Crippen LogP contribution in [-0.2, 0) is 16.9 Å². The normalized spacial score (nSPS) is 20.6. The molecule has 2 aromatic carbocycles. The van der Waals surface area contributed by atoms with Crippen molar-refractivity contribution in [2.45, 2.75) is 19.0 Å². The fraction of sp³-hybridized carbons (Fsp3) is 0.238. The van der Waals surface area contributed by atoms with E-state index in [1.807, 2.05) is 61.6 Å². The van der Waals surface area contributed by atoms with Gasteiger partial charge in [-0.2, -0.15) is 0 Å². The SMILES string of the molecule is C[NH+](Cc1ccc(Cl)s1)CN1C(=O)N[C@@](C)(c2cccc3ccccc23)C1=O. The Morgan fingerprint density at radius 1 is 1.11 bits per heavy atom. The Morgan fingerprint density at radius 2 is 1.86 bits per heavy atom. The molecule has 0 radical (unpaired) electrons. The van der Waals surface area contributed by atoms with Gasteiger partial charge in [-0.3, -0.25) is 4.79 Å². The zero-order valence-corrected chi connectivity index (χ0v) is 17.2. The molecule has 4 rings (SSSR count). The number of nitrogens with zero attached hydrogens (tertiary/aromatic N) is 1. The minimum Gasteiger partial charge on any atom is -0.319 e. The number of carbonyl (C=O) groups is 2. The number of quaternary nitrogens is 1. The molecule has 5 nitrogen and oxygen atoms in total. The zero-order chi connectivity index (χ0) is 19.9. The Bertz CT molecular complexity index is 1060. The molecule has 1 saturated heterocycles. The summed E-state index contributed by atoms with van der Waals surface area (Å²) in [7, 11) is 1.96. The molecule has 2 atom stereocenters. The molecule has 1 aromatic heterocycles. The highest BCUT2D eigenvalue weighted by Crippen LogP contribution is 2.33.